The second-order valence-corrected chi connectivity index (χ2v) is 6.28. The number of hydrogen-bond acceptors (Lipinski definition) is 2. The van der Waals surface area contributed by atoms with Gasteiger partial charge in [0.1, 0.15) is 0 Å². The van der Waals surface area contributed by atoms with Crippen LogP contribution in [0.4, 0.5) is 0 Å². The van der Waals surface area contributed by atoms with Crippen molar-refractivity contribution in [1.29, 1.82) is 0 Å². The number of rotatable bonds is 2. The minimum absolute atomic E-state index is 0.474. The summed E-state index contributed by atoms with van der Waals surface area (Å²) in [6, 6.07) is 0. The molecule has 16 heavy (non-hydrogen) atoms. The molecule has 1 spiro atoms. The molecule has 2 fully saturated rings. The summed E-state index contributed by atoms with van der Waals surface area (Å²) in [5, 5.41) is 3.59. The molecule has 0 bridgehead atoms. The smallest absolute Gasteiger partial charge is 0.0552 e. The van der Waals surface area contributed by atoms with Crippen molar-refractivity contribution >= 4 is 0 Å². The average Bonchev–Trinajstić information content (AvgIpc) is 2.21. The van der Waals surface area contributed by atoms with E-state index in [4.69, 9.17) is 4.74 Å². The van der Waals surface area contributed by atoms with Gasteiger partial charge in [0.15, 0.2) is 0 Å². The zero-order valence-electron chi connectivity index (χ0n) is 11.1. The molecule has 0 aliphatic carbocycles. The molecular weight excluding hydrogens is 198 g/mol. The van der Waals surface area contributed by atoms with Crippen molar-refractivity contribution in [2.45, 2.75) is 52.6 Å². The van der Waals surface area contributed by atoms with Crippen LogP contribution in [0.25, 0.3) is 0 Å². The highest BCUT2D eigenvalue weighted by Crippen LogP contribution is 2.46. The maximum absolute atomic E-state index is 5.74. The first-order chi connectivity index (χ1) is 7.62. The van der Waals surface area contributed by atoms with E-state index in [0.29, 0.717) is 11.5 Å². The van der Waals surface area contributed by atoms with Crippen LogP contribution in [0.3, 0.4) is 0 Å². The normalized spacial score (nSPS) is 40.5. The molecule has 2 saturated heterocycles. The van der Waals surface area contributed by atoms with Gasteiger partial charge in [0.05, 0.1) is 6.10 Å². The van der Waals surface area contributed by atoms with E-state index in [1.54, 1.807) is 0 Å². The second kappa shape index (κ2) is 5.05. The summed E-state index contributed by atoms with van der Waals surface area (Å²) in [7, 11) is 0. The zero-order chi connectivity index (χ0) is 11.6. The molecule has 2 heterocycles. The fourth-order valence-corrected chi connectivity index (χ4v) is 3.73. The Morgan fingerprint density at radius 2 is 2.19 bits per heavy atom. The molecule has 2 aliphatic rings. The van der Waals surface area contributed by atoms with Crippen LogP contribution in [0, 0.1) is 17.3 Å². The standard InChI is InChI=1S/C14H27NO/c1-11(2)8-13-10-15-6-4-14(13)5-7-16-12(3)9-14/h11-13,15H,4-10H2,1-3H3. The van der Waals surface area contributed by atoms with Crippen molar-refractivity contribution in [3.05, 3.63) is 0 Å². The average molecular weight is 225 g/mol. The van der Waals surface area contributed by atoms with Crippen molar-refractivity contribution in [1.82, 2.24) is 5.32 Å². The Kier molecular flexibility index (Phi) is 3.91. The highest BCUT2D eigenvalue weighted by Gasteiger charge is 2.43. The lowest BCUT2D eigenvalue weighted by molar-refractivity contribution is -0.0788. The summed E-state index contributed by atoms with van der Waals surface area (Å²) in [5.74, 6) is 1.69. The fraction of sp³-hybridized carbons (Fsp3) is 1.00. The van der Waals surface area contributed by atoms with Crippen molar-refractivity contribution < 1.29 is 4.74 Å². The lowest BCUT2D eigenvalue weighted by Gasteiger charge is -2.49. The summed E-state index contributed by atoms with van der Waals surface area (Å²) in [5.41, 5.74) is 0.590. The SMILES string of the molecule is CC(C)CC1CNCCC12CCOC(C)C2. The largest absolute Gasteiger partial charge is 0.378 e. The molecule has 2 rings (SSSR count). The summed E-state index contributed by atoms with van der Waals surface area (Å²) in [6.07, 6.45) is 5.78. The molecule has 0 aromatic carbocycles. The zero-order valence-corrected chi connectivity index (χ0v) is 11.1. The predicted molar refractivity (Wildman–Crippen MR) is 67.5 cm³/mol. The maximum Gasteiger partial charge on any atom is 0.0552 e. The van der Waals surface area contributed by atoms with Crippen molar-refractivity contribution in [2.24, 2.45) is 17.3 Å². The maximum atomic E-state index is 5.74. The highest BCUT2D eigenvalue weighted by atomic mass is 16.5. The molecule has 1 N–H and O–H groups in total. The molecule has 0 radical (unpaired) electrons. The van der Waals surface area contributed by atoms with Crippen LogP contribution in [0.15, 0.2) is 0 Å². The Morgan fingerprint density at radius 1 is 1.38 bits per heavy atom. The lowest BCUT2D eigenvalue weighted by atomic mass is 9.62. The van der Waals surface area contributed by atoms with Crippen molar-refractivity contribution in [3.8, 4) is 0 Å². The van der Waals surface area contributed by atoms with Crippen LogP contribution in [-0.4, -0.2) is 25.8 Å². The van der Waals surface area contributed by atoms with Crippen LogP contribution >= 0.6 is 0 Å². The van der Waals surface area contributed by atoms with E-state index in [9.17, 15) is 0 Å². The van der Waals surface area contributed by atoms with Gasteiger partial charge in [0.2, 0.25) is 0 Å². The molecule has 3 atom stereocenters. The second-order valence-electron chi connectivity index (χ2n) is 6.28. The van der Waals surface area contributed by atoms with E-state index in [2.05, 4.69) is 26.1 Å². The van der Waals surface area contributed by atoms with Gasteiger partial charge < -0.3 is 10.1 Å². The van der Waals surface area contributed by atoms with Gasteiger partial charge in [-0.3, -0.25) is 0 Å². The first-order valence-corrected chi connectivity index (χ1v) is 6.95. The molecule has 0 amide bonds. The molecule has 94 valence electrons. The minimum atomic E-state index is 0.474. The quantitative estimate of drug-likeness (QED) is 0.780. The minimum Gasteiger partial charge on any atom is -0.378 e. The van der Waals surface area contributed by atoms with Crippen molar-refractivity contribution in [3.63, 3.8) is 0 Å². The summed E-state index contributed by atoms with van der Waals surface area (Å²) in [4.78, 5) is 0. The Bertz CT molecular complexity index is 225. The lowest BCUT2D eigenvalue weighted by Crippen LogP contribution is -2.49. The third-order valence-corrected chi connectivity index (χ3v) is 4.51. The third-order valence-electron chi connectivity index (χ3n) is 4.51. The molecule has 3 unspecified atom stereocenters. The van der Waals surface area contributed by atoms with E-state index in [1.807, 2.05) is 0 Å². The molecule has 2 heteroatoms. The summed E-state index contributed by atoms with van der Waals surface area (Å²) in [6.45, 7) is 10.4. The van der Waals surface area contributed by atoms with Gasteiger partial charge >= 0.3 is 0 Å². The van der Waals surface area contributed by atoms with Crippen LogP contribution in [0.1, 0.15) is 46.5 Å². The predicted octanol–water partition coefficient (Wildman–Crippen LogP) is 2.83. The van der Waals surface area contributed by atoms with E-state index < -0.39 is 0 Å². The van der Waals surface area contributed by atoms with Gasteiger partial charge in [-0.15, -0.1) is 0 Å². The van der Waals surface area contributed by atoms with Crippen LogP contribution < -0.4 is 5.32 Å². The summed E-state index contributed by atoms with van der Waals surface area (Å²) < 4.78 is 5.74. The van der Waals surface area contributed by atoms with Crippen LogP contribution in [-0.2, 0) is 4.74 Å². The monoisotopic (exact) mass is 225 g/mol. The number of ether oxygens (including phenoxy) is 1. The molecule has 0 aromatic heterocycles. The van der Waals surface area contributed by atoms with Gasteiger partial charge in [-0.1, -0.05) is 13.8 Å². The fourth-order valence-electron chi connectivity index (χ4n) is 3.73. The van der Waals surface area contributed by atoms with E-state index >= 15 is 0 Å². The Labute approximate surface area is 100 Å². The van der Waals surface area contributed by atoms with Gasteiger partial charge in [-0.05, 0) is 62.9 Å². The van der Waals surface area contributed by atoms with Crippen molar-refractivity contribution in [2.75, 3.05) is 19.7 Å². The summed E-state index contributed by atoms with van der Waals surface area (Å²) >= 11 is 0. The Hall–Kier alpha value is -0.0800. The first kappa shape index (κ1) is 12.4. The van der Waals surface area contributed by atoms with Crippen LogP contribution in [0.2, 0.25) is 0 Å². The molecule has 0 aromatic rings. The highest BCUT2D eigenvalue weighted by molar-refractivity contribution is 4.94. The molecule has 2 aliphatic heterocycles. The number of piperidine rings is 1. The van der Waals surface area contributed by atoms with Gasteiger partial charge in [-0.2, -0.15) is 0 Å². The third kappa shape index (κ3) is 2.60. The van der Waals surface area contributed by atoms with Gasteiger partial charge in [0, 0.05) is 6.61 Å². The van der Waals surface area contributed by atoms with Gasteiger partial charge in [0.25, 0.3) is 0 Å². The number of nitrogens with one attached hydrogen (secondary N) is 1. The van der Waals surface area contributed by atoms with E-state index in [0.717, 1.165) is 18.4 Å². The molecular formula is C14H27NO. The topological polar surface area (TPSA) is 21.3 Å². The molecule has 0 saturated carbocycles. The number of hydrogen-bond donors (Lipinski definition) is 1. The van der Waals surface area contributed by atoms with E-state index in [-0.39, 0.29) is 0 Å². The Balaban J connectivity index is 2.07. The molecule has 2 nitrogen and oxygen atoms in total. The van der Waals surface area contributed by atoms with Crippen LogP contribution in [0.5, 0.6) is 0 Å². The van der Waals surface area contributed by atoms with Gasteiger partial charge in [-0.25, -0.2) is 0 Å². The first-order valence-electron chi connectivity index (χ1n) is 6.95. The Morgan fingerprint density at radius 3 is 2.88 bits per heavy atom. The van der Waals surface area contributed by atoms with E-state index in [1.165, 1.54) is 38.8 Å².